The summed E-state index contributed by atoms with van der Waals surface area (Å²) in [5.41, 5.74) is 0. The van der Waals surface area contributed by atoms with Crippen LogP contribution in [-0.4, -0.2) is 44.3 Å². The van der Waals surface area contributed by atoms with E-state index in [-0.39, 0.29) is 25.1 Å². The largest absolute Gasteiger partial charge is 0.454 e. The third-order valence-corrected chi connectivity index (χ3v) is 4.75. The predicted molar refractivity (Wildman–Crippen MR) is 77.9 cm³/mol. The lowest BCUT2D eigenvalue weighted by molar-refractivity contribution is -0.147. The molecule has 0 unspecified atom stereocenters. The van der Waals surface area contributed by atoms with Crippen LogP contribution in [0.4, 0.5) is 4.79 Å². The first kappa shape index (κ1) is 16.6. The first-order valence-electron chi connectivity index (χ1n) is 7.76. The van der Waals surface area contributed by atoms with Gasteiger partial charge in [-0.15, -0.1) is 0 Å². The summed E-state index contributed by atoms with van der Waals surface area (Å²) in [6.07, 6.45) is 4.36. The third kappa shape index (κ3) is 4.35. The molecule has 2 fully saturated rings. The molecule has 0 aliphatic heterocycles. The van der Waals surface area contributed by atoms with Crippen molar-refractivity contribution in [2.24, 2.45) is 17.8 Å². The van der Waals surface area contributed by atoms with Gasteiger partial charge in [-0.2, -0.15) is 0 Å². The average molecular weight is 312 g/mol. The molecule has 0 saturated heterocycles. The maximum atomic E-state index is 11.8. The van der Waals surface area contributed by atoms with Crippen LogP contribution in [0.3, 0.4) is 0 Å². The minimum Gasteiger partial charge on any atom is -0.454 e. The monoisotopic (exact) mass is 312 g/mol. The molecule has 7 heteroatoms. The molecule has 7 nitrogen and oxygen atoms in total. The van der Waals surface area contributed by atoms with Crippen molar-refractivity contribution in [3.05, 3.63) is 0 Å². The molecule has 0 aromatic carbocycles. The fraction of sp³-hybridized carbons (Fsp3) is 0.800. The number of ether oxygens (including phenoxy) is 2. The van der Waals surface area contributed by atoms with Crippen LogP contribution in [0.1, 0.15) is 32.6 Å². The highest BCUT2D eigenvalue weighted by atomic mass is 16.5. The third-order valence-electron chi connectivity index (χ3n) is 4.75. The number of amides is 2. The van der Waals surface area contributed by atoms with E-state index in [1.807, 2.05) is 6.92 Å². The van der Waals surface area contributed by atoms with E-state index in [1.54, 1.807) is 0 Å². The summed E-state index contributed by atoms with van der Waals surface area (Å²) in [6.45, 7) is 1.37. The smallest absolute Gasteiger partial charge is 0.407 e. The molecule has 0 heterocycles. The fourth-order valence-electron chi connectivity index (χ4n) is 3.72. The normalized spacial score (nSPS) is 27.1. The fourth-order valence-corrected chi connectivity index (χ4v) is 3.72. The summed E-state index contributed by atoms with van der Waals surface area (Å²) in [4.78, 5) is 33.9. The second-order valence-corrected chi connectivity index (χ2v) is 6.20. The Hall–Kier alpha value is -1.79. The average Bonchev–Trinajstić information content (AvgIpc) is 3.13. The topological polar surface area (TPSA) is 93.7 Å². The molecule has 2 bridgehead atoms. The van der Waals surface area contributed by atoms with E-state index in [2.05, 4.69) is 15.4 Å². The van der Waals surface area contributed by atoms with Gasteiger partial charge in [-0.05, 0) is 43.9 Å². The van der Waals surface area contributed by atoms with Crippen molar-refractivity contribution in [1.29, 1.82) is 0 Å². The van der Waals surface area contributed by atoms with Crippen LogP contribution in [-0.2, 0) is 19.1 Å². The van der Waals surface area contributed by atoms with E-state index in [9.17, 15) is 14.4 Å². The van der Waals surface area contributed by atoms with Crippen molar-refractivity contribution in [3.8, 4) is 0 Å². The lowest BCUT2D eigenvalue weighted by Gasteiger charge is -2.28. The molecule has 0 spiro atoms. The van der Waals surface area contributed by atoms with Gasteiger partial charge in [0.05, 0.1) is 7.11 Å². The van der Waals surface area contributed by atoms with Gasteiger partial charge in [-0.25, -0.2) is 4.79 Å². The van der Waals surface area contributed by atoms with Gasteiger partial charge in [-0.1, -0.05) is 6.42 Å². The summed E-state index contributed by atoms with van der Waals surface area (Å²) in [5.74, 6) is 1.12. The summed E-state index contributed by atoms with van der Waals surface area (Å²) in [7, 11) is 1.20. The van der Waals surface area contributed by atoms with E-state index in [1.165, 1.54) is 32.8 Å². The van der Waals surface area contributed by atoms with Gasteiger partial charge >= 0.3 is 12.1 Å². The molecule has 2 rings (SSSR count). The Morgan fingerprint density at radius 3 is 2.59 bits per heavy atom. The van der Waals surface area contributed by atoms with Gasteiger partial charge in [-0.3, -0.25) is 9.59 Å². The van der Waals surface area contributed by atoms with Gasteiger partial charge in [0.25, 0.3) is 5.91 Å². The quantitative estimate of drug-likeness (QED) is 0.708. The zero-order chi connectivity index (χ0) is 16.1. The van der Waals surface area contributed by atoms with Crippen molar-refractivity contribution in [2.75, 3.05) is 20.3 Å². The van der Waals surface area contributed by atoms with Crippen molar-refractivity contribution >= 4 is 18.0 Å². The van der Waals surface area contributed by atoms with Crippen LogP contribution < -0.4 is 10.6 Å². The Morgan fingerprint density at radius 2 is 2.00 bits per heavy atom. The van der Waals surface area contributed by atoms with Crippen LogP contribution >= 0.6 is 0 Å². The van der Waals surface area contributed by atoms with Gasteiger partial charge < -0.3 is 20.1 Å². The minimum absolute atomic E-state index is 0.106. The predicted octanol–water partition coefficient (Wildman–Crippen LogP) is 0.826. The number of carbonyl (C=O) groups excluding carboxylic acids is 3. The van der Waals surface area contributed by atoms with E-state index in [0.29, 0.717) is 5.92 Å². The zero-order valence-corrected chi connectivity index (χ0v) is 13.1. The Bertz CT molecular complexity index is 440. The maximum Gasteiger partial charge on any atom is 0.407 e. The Morgan fingerprint density at radius 1 is 1.23 bits per heavy atom. The highest BCUT2D eigenvalue weighted by Crippen LogP contribution is 2.49. The second kappa shape index (κ2) is 7.47. The number of rotatable bonds is 6. The summed E-state index contributed by atoms with van der Waals surface area (Å²) < 4.78 is 9.13. The van der Waals surface area contributed by atoms with Gasteiger partial charge in [0.1, 0.15) is 6.54 Å². The highest BCUT2D eigenvalue weighted by molar-refractivity contribution is 5.82. The number of methoxy groups -OCH3 is 1. The minimum atomic E-state index is -0.716. The lowest BCUT2D eigenvalue weighted by atomic mass is 9.84. The van der Waals surface area contributed by atoms with Crippen LogP contribution in [0.2, 0.25) is 0 Å². The van der Waals surface area contributed by atoms with E-state index >= 15 is 0 Å². The molecule has 2 N–H and O–H groups in total. The molecule has 0 radical (unpaired) electrons. The van der Waals surface area contributed by atoms with Crippen molar-refractivity contribution in [2.45, 2.75) is 38.6 Å². The first-order valence-corrected chi connectivity index (χ1v) is 7.76. The van der Waals surface area contributed by atoms with E-state index in [0.717, 1.165) is 11.8 Å². The molecule has 4 atom stereocenters. The molecule has 2 aliphatic carbocycles. The molecule has 0 aromatic rings. The summed E-state index contributed by atoms with van der Waals surface area (Å²) in [6, 6.07) is 0.106. The second-order valence-electron chi connectivity index (χ2n) is 6.20. The van der Waals surface area contributed by atoms with Gasteiger partial charge in [0, 0.05) is 6.04 Å². The van der Waals surface area contributed by atoms with Crippen molar-refractivity contribution in [1.82, 2.24) is 10.6 Å². The Kier molecular flexibility index (Phi) is 5.63. The zero-order valence-electron chi connectivity index (χ0n) is 13.1. The lowest BCUT2D eigenvalue weighted by Crippen LogP contribution is -2.42. The molecule has 2 aliphatic rings. The number of alkyl carbamates (subject to hydrolysis) is 1. The van der Waals surface area contributed by atoms with Crippen LogP contribution in [0.5, 0.6) is 0 Å². The summed E-state index contributed by atoms with van der Waals surface area (Å²) in [5, 5.41) is 5.10. The van der Waals surface area contributed by atoms with Crippen LogP contribution in [0.25, 0.3) is 0 Å². The summed E-state index contributed by atoms with van der Waals surface area (Å²) >= 11 is 0. The van der Waals surface area contributed by atoms with E-state index in [4.69, 9.17) is 4.74 Å². The standard InChI is InChI=1S/C15H24N2O5/c1-9(12-6-10-3-4-11(12)5-10)17-13(18)8-22-14(19)7-16-15(20)21-2/h9-12H,3-8H2,1-2H3,(H,16,20)(H,17,18)/t9-,10-,11-,12-/m0/s1. The molecular formula is C15H24N2O5. The number of fused-ring (bicyclic) bond motifs is 2. The molecule has 2 amide bonds. The molecule has 0 aromatic heterocycles. The van der Waals surface area contributed by atoms with Crippen LogP contribution in [0, 0.1) is 17.8 Å². The molecule has 124 valence electrons. The number of hydrogen-bond donors (Lipinski definition) is 2. The Balaban J connectivity index is 1.63. The van der Waals surface area contributed by atoms with Crippen molar-refractivity contribution < 1.29 is 23.9 Å². The number of esters is 1. The molecule has 2 saturated carbocycles. The van der Waals surface area contributed by atoms with Crippen LogP contribution in [0.15, 0.2) is 0 Å². The number of carbonyl (C=O) groups is 3. The Labute approximate surface area is 130 Å². The number of nitrogens with one attached hydrogen (secondary N) is 2. The first-order chi connectivity index (χ1) is 10.5. The van der Waals surface area contributed by atoms with Gasteiger partial charge in [0.15, 0.2) is 6.61 Å². The number of hydrogen-bond acceptors (Lipinski definition) is 5. The molecular weight excluding hydrogens is 288 g/mol. The maximum absolute atomic E-state index is 11.8. The van der Waals surface area contributed by atoms with Crippen molar-refractivity contribution in [3.63, 3.8) is 0 Å². The molecule has 22 heavy (non-hydrogen) atoms. The SMILES string of the molecule is COC(=O)NCC(=O)OCC(=O)N[C@@H](C)[C@@H]1C[C@H]2CC[C@H]1C2. The van der Waals surface area contributed by atoms with E-state index < -0.39 is 12.1 Å². The van der Waals surface area contributed by atoms with Gasteiger partial charge in [0.2, 0.25) is 0 Å². The highest BCUT2D eigenvalue weighted by Gasteiger charge is 2.42.